The highest BCUT2D eigenvalue weighted by atomic mass is 15.3. The van der Waals surface area contributed by atoms with E-state index >= 15 is 0 Å². The molecule has 1 fully saturated rings. The van der Waals surface area contributed by atoms with E-state index in [0.29, 0.717) is 0 Å². The summed E-state index contributed by atoms with van der Waals surface area (Å²) in [6.45, 7) is 10.3. The monoisotopic (exact) mass is 247 g/mol. The lowest BCUT2D eigenvalue weighted by molar-refractivity contribution is 0.131. The van der Waals surface area contributed by atoms with E-state index in [1.54, 1.807) is 0 Å². The molecular weight excluding hydrogens is 222 g/mol. The second kappa shape index (κ2) is 6.88. The highest BCUT2D eigenvalue weighted by Crippen LogP contribution is 2.13. The molecule has 3 nitrogen and oxygen atoms in total. The fraction of sp³-hybridized carbons (Fsp3) is 0.600. The van der Waals surface area contributed by atoms with Crippen LogP contribution in [0.5, 0.6) is 0 Å². The molecule has 18 heavy (non-hydrogen) atoms. The van der Waals surface area contributed by atoms with Crippen LogP contribution in [0.4, 0.5) is 0 Å². The molecule has 2 rings (SSSR count). The predicted octanol–water partition coefficient (Wildman–Crippen LogP) is 1.54. The van der Waals surface area contributed by atoms with Gasteiger partial charge in [0.1, 0.15) is 0 Å². The van der Waals surface area contributed by atoms with Crippen LogP contribution in [-0.4, -0.2) is 49.6 Å². The lowest BCUT2D eigenvalue weighted by atomic mass is 10.1. The molecule has 0 aliphatic carbocycles. The Bertz CT molecular complexity index is 357. The molecule has 100 valence electrons. The van der Waals surface area contributed by atoms with Gasteiger partial charge in [0.25, 0.3) is 0 Å². The Morgan fingerprint density at radius 3 is 2.22 bits per heavy atom. The first-order chi connectivity index (χ1) is 8.83. The zero-order chi connectivity index (χ0) is 12.8. The van der Waals surface area contributed by atoms with E-state index in [1.807, 2.05) is 7.05 Å². The van der Waals surface area contributed by atoms with Crippen molar-refractivity contribution in [2.24, 2.45) is 0 Å². The summed E-state index contributed by atoms with van der Waals surface area (Å²) in [5.41, 5.74) is 2.90. The molecule has 1 aliphatic heterocycles. The molecule has 1 aromatic rings. The second-order valence-corrected chi connectivity index (χ2v) is 5.01. The number of nitrogens with one attached hydrogen (secondary N) is 1. The molecule has 1 N–H and O–H groups in total. The third kappa shape index (κ3) is 3.55. The number of likely N-dealkylation sites (N-methyl/N-ethyl adjacent to an activating group) is 1. The number of hydrogen-bond acceptors (Lipinski definition) is 3. The second-order valence-electron chi connectivity index (χ2n) is 5.01. The Morgan fingerprint density at radius 2 is 1.61 bits per heavy atom. The van der Waals surface area contributed by atoms with E-state index in [9.17, 15) is 0 Å². The molecule has 0 bridgehead atoms. The number of benzene rings is 1. The topological polar surface area (TPSA) is 18.5 Å². The van der Waals surface area contributed by atoms with Crippen LogP contribution in [0.15, 0.2) is 24.3 Å². The Balaban J connectivity index is 1.93. The summed E-state index contributed by atoms with van der Waals surface area (Å²) in [6.07, 6.45) is 0. The maximum Gasteiger partial charge on any atom is 0.0238 e. The van der Waals surface area contributed by atoms with Crippen LogP contribution in [0.2, 0.25) is 0 Å². The minimum absolute atomic E-state index is 0.963. The van der Waals surface area contributed by atoms with Gasteiger partial charge in [0.05, 0.1) is 0 Å². The molecule has 1 aromatic carbocycles. The van der Waals surface area contributed by atoms with Crippen LogP contribution in [0.3, 0.4) is 0 Å². The number of hydrogen-bond donors (Lipinski definition) is 1. The van der Waals surface area contributed by atoms with Gasteiger partial charge in [0, 0.05) is 39.3 Å². The fourth-order valence-corrected chi connectivity index (χ4v) is 2.58. The average Bonchev–Trinajstić information content (AvgIpc) is 2.42. The average molecular weight is 247 g/mol. The Morgan fingerprint density at radius 1 is 1.00 bits per heavy atom. The first-order valence-corrected chi connectivity index (χ1v) is 6.99. The molecule has 1 saturated heterocycles. The van der Waals surface area contributed by atoms with Gasteiger partial charge >= 0.3 is 0 Å². The summed E-state index contributed by atoms with van der Waals surface area (Å²) in [6, 6.07) is 8.77. The number of piperazine rings is 1. The molecule has 0 radical (unpaired) electrons. The van der Waals surface area contributed by atoms with E-state index in [4.69, 9.17) is 0 Å². The van der Waals surface area contributed by atoms with Crippen molar-refractivity contribution in [1.82, 2.24) is 15.1 Å². The quantitative estimate of drug-likeness (QED) is 0.851. The fourth-order valence-electron chi connectivity index (χ4n) is 2.58. The SMILES string of the molecule is CCN1CCN(Cc2ccccc2CNC)CC1. The van der Waals surface area contributed by atoms with Crippen molar-refractivity contribution in [2.45, 2.75) is 20.0 Å². The summed E-state index contributed by atoms with van der Waals surface area (Å²) in [5, 5.41) is 3.25. The van der Waals surface area contributed by atoms with Gasteiger partial charge < -0.3 is 10.2 Å². The summed E-state index contributed by atoms with van der Waals surface area (Å²) in [7, 11) is 2.01. The van der Waals surface area contributed by atoms with E-state index in [0.717, 1.165) is 13.1 Å². The Labute approximate surface area is 111 Å². The zero-order valence-corrected chi connectivity index (χ0v) is 11.7. The van der Waals surface area contributed by atoms with Crippen LogP contribution >= 0.6 is 0 Å². The molecule has 0 spiro atoms. The minimum Gasteiger partial charge on any atom is -0.316 e. The van der Waals surface area contributed by atoms with Crippen molar-refractivity contribution in [3.63, 3.8) is 0 Å². The molecule has 0 unspecified atom stereocenters. The van der Waals surface area contributed by atoms with Crippen molar-refractivity contribution in [1.29, 1.82) is 0 Å². The van der Waals surface area contributed by atoms with Gasteiger partial charge in [-0.25, -0.2) is 0 Å². The maximum absolute atomic E-state index is 3.25. The largest absolute Gasteiger partial charge is 0.316 e. The van der Waals surface area contributed by atoms with Gasteiger partial charge in [-0.3, -0.25) is 4.90 Å². The lowest BCUT2D eigenvalue weighted by Crippen LogP contribution is -2.45. The van der Waals surface area contributed by atoms with Gasteiger partial charge in [0.15, 0.2) is 0 Å². The van der Waals surface area contributed by atoms with Gasteiger partial charge in [-0.15, -0.1) is 0 Å². The normalized spacial score (nSPS) is 18.1. The summed E-state index contributed by atoms with van der Waals surface area (Å²) < 4.78 is 0. The van der Waals surface area contributed by atoms with Crippen molar-refractivity contribution in [3.8, 4) is 0 Å². The summed E-state index contributed by atoms with van der Waals surface area (Å²) in [4.78, 5) is 5.09. The van der Waals surface area contributed by atoms with Crippen LogP contribution in [0, 0.1) is 0 Å². The first kappa shape index (κ1) is 13.5. The summed E-state index contributed by atoms with van der Waals surface area (Å²) in [5.74, 6) is 0. The van der Waals surface area contributed by atoms with E-state index in [-0.39, 0.29) is 0 Å². The summed E-state index contributed by atoms with van der Waals surface area (Å²) >= 11 is 0. The van der Waals surface area contributed by atoms with E-state index < -0.39 is 0 Å². The Kier molecular flexibility index (Phi) is 5.17. The Hall–Kier alpha value is -0.900. The zero-order valence-electron chi connectivity index (χ0n) is 11.7. The van der Waals surface area contributed by atoms with Crippen molar-refractivity contribution in [3.05, 3.63) is 35.4 Å². The number of rotatable bonds is 5. The smallest absolute Gasteiger partial charge is 0.0238 e. The molecule has 1 aliphatic rings. The van der Waals surface area contributed by atoms with Crippen molar-refractivity contribution < 1.29 is 0 Å². The molecule has 0 amide bonds. The number of nitrogens with zero attached hydrogens (tertiary/aromatic N) is 2. The van der Waals surface area contributed by atoms with Crippen LogP contribution < -0.4 is 5.32 Å². The van der Waals surface area contributed by atoms with Crippen LogP contribution in [-0.2, 0) is 13.1 Å². The van der Waals surface area contributed by atoms with Crippen LogP contribution in [0.25, 0.3) is 0 Å². The van der Waals surface area contributed by atoms with Gasteiger partial charge in [-0.05, 0) is 24.7 Å². The molecule has 0 saturated carbocycles. The predicted molar refractivity (Wildman–Crippen MR) is 76.6 cm³/mol. The van der Waals surface area contributed by atoms with Crippen LogP contribution in [0.1, 0.15) is 18.1 Å². The lowest BCUT2D eigenvalue weighted by Gasteiger charge is -2.34. The molecule has 0 atom stereocenters. The molecule has 3 heteroatoms. The van der Waals surface area contributed by atoms with Crippen molar-refractivity contribution >= 4 is 0 Å². The minimum atomic E-state index is 0.963. The highest BCUT2D eigenvalue weighted by molar-refractivity contribution is 5.27. The van der Waals surface area contributed by atoms with E-state index in [1.165, 1.54) is 43.9 Å². The highest BCUT2D eigenvalue weighted by Gasteiger charge is 2.16. The van der Waals surface area contributed by atoms with Gasteiger partial charge in [-0.1, -0.05) is 31.2 Å². The van der Waals surface area contributed by atoms with Crippen molar-refractivity contribution in [2.75, 3.05) is 39.8 Å². The molecule has 1 heterocycles. The third-order valence-corrected chi connectivity index (χ3v) is 3.79. The third-order valence-electron chi connectivity index (χ3n) is 3.79. The molecular formula is C15H25N3. The van der Waals surface area contributed by atoms with E-state index in [2.05, 4.69) is 46.3 Å². The standard InChI is InChI=1S/C15H25N3/c1-3-17-8-10-18(11-9-17)13-15-7-5-4-6-14(15)12-16-2/h4-7,16H,3,8-13H2,1-2H3. The van der Waals surface area contributed by atoms with Gasteiger partial charge in [-0.2, -0.15) is 0 Å². The van der Waals surface area contributed by atoms with Gasteiger partial charge in [0.2, 0.25) is 0 Å². The maximum atomic E-state index is 3.25. The molecule has 0 aromatic heterocycles. The first-order valence-electron chi connectivity index (χ1n) is 6.99.